The van der Waals surface area contributed by atoms with Crippen molar-refractivity contribution in [1.82, 2.24) is 20.0 Å². The molecular weight excluding hydrogens is 425 g/mol. The van der Waals surface area contributed by atoms with E-state index in [1.807, 2.05) is 12.1 Å². The average molecular weight is 449 g/mol. The molecule has 0 aliphatic rings. The van der Waals surface area contributed by atoms with E-state index in [1.54, 1.807) is 16.9 Å². The van der Waals surface area contributed by atoms with Crippen LogP contribution < -0.4 is 10.6 Å². The molecule has 2 N–H and O–H groups in total. The summed E-state index contributed by atoms with van der Waals surface area (Å²) in [7, 11) is 0. The Morgan fingerprint density at radius 1 is 1.15 bits per heavy atom. The van der Waals surface area contributed by atoms with Crippen molar-refractivity contribution in [3.8, 4) is 0 Å². The van der Waals surface area contributed by atoms with E-state index < -0.39 is 0 Å². The highest BCUT2D eigenvalue weighted by Gasteiger charge is 2.10. The molecule has 0 radical (unpaired) electrons. The first-order chi connectivity index (χ1) is 12.9. The standard InChI is InChI=1S/C18H24Cl3N5S/c1-3-25(4-2)9-5-8-22-18(27)23-17-16(21)12-26(24-17)11-13-6-7-14(19)15(20)10-13/h6-7,10,12H,3-5,8-9,11H2,1-2H3,(H2,22,23,24,27). The summed E-state index contributed by atoms with van der Waals surface area (Å²) in [4.78, 5) is 2.37. The van der Waals surface area contributed by atoms with Crippen LogP contribution in [-0.2, 0) is 6.54 Å². The Labute approximate surface area is 181 Å². The Bertz CT molecular complexity index is 761. The van der Waals surface area contributed by atoms with E-state index in [4.69, 9.17) is 47.0 Å². The molecule has 0 aliphatic heterocycles. The summed E-state index contributed by atoms with van der Waals surface area (Å²) in [6, 6.07) is 5.48. The predicted molar refractivity (Wildman–Crippen MR) is 119 cm³/mol. The van der Waals surface area contributed by atoms with Gasteiger partial charge < -0.3 is 15.5 Å². The lowest BCUT2D eigenvalue weighted by molar-refractivity contribution is 0.300. The first-order valence-electron chi connectivity index (χ1n) is 8.87. The molecule has 1 aromatic carbocycles. The Morgan fingerprint density at radius 2 is 1.89 bits per heavy atom. The maximum atomic E-state index is 6.27. The van der Waals surface area contributed by atoms with Gasteiger partial charge in [0.15, 0.2) is 10.9 Å². The average Bonchev–Trinajstić information content (AvgIpc) is 2.97. The fourth-order valence-corrected chi connectivity index (χ4v) is 3.30. The molecule has 0 aliphatic carbocycles. The molecule has 0 bridgehead atoms. The number of rotatable bonds is 9. The summed E-state index contributed by atoms with van der Waals surface area (Å²) < 4.78 is 1.73. The lowest BCUT2D eigenvalue weighted by atomic mass is 10.2. The van der Waals surface area contributed by atoms with E-state index in [2.05, 4.69) is 34.5 Å². The van der Waals surface area contributed by atoms with E-state index in [-0.39, 0.29) is 0 Å². The zero-order valence-corrected chi connectivity index (χ0v) is 18.5. The van der Waals surface area contributed by atoms with Gasteiger partial charge in [0.2, 0.25) is 0 Å². The topological polar surface area (TPSA) is 45.1 Å². The monoisotopic (exact) mass is 447 g/mol. The van der Waals surface area contributed by atoms with E-state index in [0.717, 1.165) is 38.2 Å². The molecule has 0 saturated heterocycles. The molecule has 0 atom stereocenters. The van der Waals surface area contributed by atoms with Crippen molar-refractivity contribution in [2.75, 3.05) is 31.5 Å². The minimum Gasteiger partial charge on any atom is -0.362 e. The molecule has 9 heteroatoms. The smallest absolute Gasteiger partial charge is 0.173 e. The maximum absolute atomic E-state index is 6.27. The van der Waals surface area contributed by atoms with Crippen molar-refractivity contribution < 1.29 is 0 Å². The van der Waals surface area contributed by atoms with Gasteiger partial charge in [-0.2, -0.15) is 5.10 Å². The minimum atomic E-state index is 0.502. The highest BCUT2D eigenvalue weighted by molar-refractivity contribution is 7.80. The molecule has 2 rings (SSSR count). The summed E-state index contributed by atoms with van der Waals surface area (Å²) >= 11 is 23.6. The van der Waals surface area contributed by atoms with Crippen LogP contribution >= 0.6 is 47.0 Å². The first kappa shape index (κ1) is 22.2. The van der Waals surface area contributed by atoms with Crippen LogP contribution in [0.2, 0.25) is 15.1 Å². The number of nitrogens with zero attached hydrogens (tertiary/aromatic N) is 3. The number of hydrogen-bond acceptors (Lipinski definition) is 3. The minimum absolute atomic E-state index is 0.502. The molecule has 5 nitrogen and oxygen atoms in total. The number of nitrogens with one attached hydrogen (secondary N) is 2. The third-order valence-electron chi connectivity index (χ3n) is 4.11. The van der Waals surface area contributed by atoms with Crippen molar-refractivity contribution in [1.29, 1.82) is 0 Å². The Hall–Kier alpha value is -1.05. The number of hydrogen-bond donors (Lipinski definition) is 2. The fourth-order valence-electron chi connectivity index (χ4n) is 2.58. The number of halogens is 3. The van der Waals surface area contributed by atoms with E-state index >= 15 is 0 Å². The number of anilines is 1. The summed E-state index contributed by atoms with van der Waals surface area (Å²) in [5.74, 6) is 0.526. The van der Waals surface area contributed by atoms with Gasteiger partial charge in [0, 0.05) is 12.7 Å². The summed E-state index contributed by atoms with van der Waals surface area (Å²) in [5.41, 5.74) is 0.979. The van der Waals surface area contributed by atoms with Crippen LogP contribution in [0.1, 0.15) is 25.8 Å². The molecule has 0 amide bonds. The lowest BCUT2D eigenvalue weighted by Gasteiger charge is -2.18. The van der Waals surface area contributed by atoms with Gasteiger partial charge in [-0.05, 0) is 56.0 Å². The zero-order valence-electron chi connectivity index (χ0n) is 15.4. The number of thiocarbonyl (C=S) groups is 1. The Morgan fingerprint density at radius 3 is 2.56 bits per heavy atom. The highest BCUT2D eigenvalue weighted by atomic mass is 35.5. The highest BCUT2D eigenvalue weighted by Crippen LogP contribution is 2.24. The van der Waals surface area contributed by atoms with Crippen molar-refractivity contribution in [3.05, 3.63) is 45.0 Å². The molecule has 2 aromatic rings. The third-order valence-corrected chi connectivity index (χ3v) is 5.37. The van der Waals surface area contributed by atoms with Gasteiger partial charge in [0.25, 0.3) is 0 Å². The molecule has 148 valence electrons. The molecule has 0 fully saturated rings. The van der Waals surface area contributed by atoms with Crippen molar-refractivity contribution in [2.45, 2.75) is 26.8 Å². The van der Waals surface area contributed by atoms with Crippen LogP contribution in [0, 0.1) is 0 Å². The molecule has 1 heterocycles. The van der Waals surface area contributed by atoms with Gasteiger partial charge in [-0.3, -0.25) is 4.68 Å². The first-order valence-corrected chi connectivity index (χ1v) is 10.4. The van der Waals surface area contributed by atoms with Crippen molar-refractivity contribution >= 4 is 58.0 Å². The summed E-state index contributed by atoms with van der Waals surface area (Å²) in [6.07, 6.45) is 2.76. The fraction of sp³-hybridized carbons (Fsp3) is 0.444. The molecule has 0 saturated carbocycles. The van der Waals surface area contributed by atoms with E-state index in [9.17, 15) is 0 Å². The summed E-state index contributed by atoms with van der Waals surface area (Å²) in [6.45, 7) is 8.82. The Balaban J connectivity index is 1.84. The van der Waals surface area contributed by atoms with Crippen LogP contribution in [0.3, 0.4) is 0 Å². The molecule has 27 heavy (non-hydrogen) atoms. The second-order valence-corrected chi connectivity index (χ2v) is 7.66. The van der Waals surface area contributed by atoms with Crippen molar-refractivity contribution in [2.24, 2.45) is 0 Å². The normalized spacial score (nSPS) is 11.0. The lowest BCUT2D eigenvalue weighted by Crippen LogP contribution is -2.32. The molecule has 1 aromatic heterocycles. The number of aromatic nitrogens is 2. The maximum Gasteiger partial charge on any atom is 0.173 e. The van der Waals surface area contributed by atoms with Crippen LogP contribution in [0.4, 0.5) is 5.82 Å². The second kappa shape index (κ2) is 11.1. The van der Waals surface area contributed by atoms with Gasteiger partial charge in [0.1, 0.15) is 5.02 Å². The van der Waals surface area contributed by atoms with E-state index in [1.165, 1.54) is 0 Å². The quantitative estimate of drug-likeness (QED) is 0.421. The zero-order chi connectivity index (χ0) is 19.8. The second-order valence-electron chi connectivity index (χ2n) is 6.03. The largest absolute Gasteiger partial charge is 0.362 e. The predicted octanol–water partition coefficient (Wildman–Crippen LogP) is 4.91. The Kier molecular flexibility index (Phi) is 9.12. The molecule has 0 spiro atoms. The van der Waals surface area contributed by atoms with Crippen LogP contribution in [0.5, 0.6) is 0 Å². The third kappa shape index (κ3) is 7.12. The SMILES string of the molecule is CCN(CC)CCCNC(=S)Nc1nn(Cc2ccc(Cl)c(Cl)c2)cc1Cl. The summed E-state index contributed by atoms with van der Waals surface area (Å²) in [5, 5.41) is 12.7. The van der Waals surface area contributed by atoms with Gasteiger partial charge in [-0.15, -0.1) is 0 Å². The van der Waals surface area contributed by atoms with Gasteiger partial charge in [-0.25, -0.2) is 0 Å². The van der Waals surface area contributed by atoms with Gasteiger partial charge in [0.05, 0.1) is 16.6 Å². The van der Waals surface area contributed by atoms with Crippen molar-refractivity contribution in [3.63, 3.8) is 0 Å². The van der Waals surface area contributed by atoms with Crippen LogP contribution in [0.25, 0.3) is 0 Å². The van der Waals surface area contributed by atoms with Crippen LogP contribution in [-0.4, -0.2) is 46.0 Å². The van der Waals surface area contributed by atoms with Gasteiger partial charge >= 0.3 is 0 Å². The van der Waals surface area contributed by atoms with E-state index in [0.29, 0.717) is 32.5 Å². The molecular formula is C18H24Cl3N5S. The van der Waals surface area contributed by atoms with Gasteiger partial charge in [-0.1, -0.05) is 54.7 Å². The number of benzene rings is 1. The van der Waals surface area contributed by atoms with Crippen LogP contribution in [0.15, 0.2) is 24.4 Å². The molecule has 0 unspecified atom stereocenters.